The van der Waals surface area contributed by atoms with Crippen molar-refractivity contribution in [2.24, 2.45) is 17.3 Å². The lowest BCUT2D eigenvalue weighted by molar-refractivity contribution is -0.150. The van der Waals surface area contributed by atoms with E-state index in [4.69, 9.17) is 9.15 Å². The largest absolute Gasteiger partial charge is 0.497 e. The van der Waals surface area contributed by atoms with Gasteiger partial charge in [-0.3, -0.25) is 9.59 Å². The van der Waals surface area contributed by atoms with Gasteiger partial charge in [0.15, 0.2) is 0 Å². The van der Waals surface area contributed by atoms with Crippen LogP contribution < -0.4 is 10.1 Å². The average Bonchev–Trinajstić information content (AvgIpc) is 3.38. The van der Waals surface area contributed by atoms with Gasteiger partial charge in [0, 0.05) is 19.1 Å². The maximum absolute atomic E-state index is 13.8. The van der Waals surface area contributed by atoms with Crippen LogP contribution in [0.1, 0.15) is 67.3 Å². The molecule has 0 radical (unpaired) electrons. The first-order valence-electron chi connectivity index (χ1n) is 12.8. The number of rotatable bonds is 5. The molecule has 5 aliphatic rings. The van der Waals surface area contributed by atoms with E-state index in [9.17, 15) is 9.59 Å². The predicted molar refractivity (Wildman–Crippen MR) is 128 cm³/mol. The Hall–Kier alpha value is -2.76. The Morgan fingerprint density at radius 2 is 1.74 bits per heavy atom. The monoisotopic (exact) mass is 462 g/mol. The minimum Gasteiger partial charge on any atom is -0.497 e. The number of methoxy groups -OCH3 is 1. The molecule has 1 saturated heterocycles. The SMILES string of the molecule is COc1ccc(C23CC4CC(CC(C(=O)NC5CCN(C(=O)c6ccoc6)CC5)(C4)C2)C3)cc1. The predicted octanol–water partition coefficient (Wildman–Crippen LogP) is 4.55. The fourth-order valence-electron chi connectivity index (χ4n) is 7.94. The van der Waals surface area contributed by atoms with Crippen molar-refractivity contribution in [1.82, 2.24) is 10.2 Å². The van der Waals surface area contributed by atoms with Crippen LogP contribution in [0.15, 0.2) is 47.3 Å². The summed E-state index contributed by atoms with van der Waals surface area (Å²) in [6.45, 7) is 1.34. The van der Waals surface area contributed by atoms with E-state index in [2.05, 4.69) is 29.6 Å². The molecular weight excluding hydrogens is 428 g/mol. The van der Waals surface area contributed by atoms with Gasteiger partial charge in [-0.2, -0.15) is 0 Å². The van der Waals surface area contributed by atoms with Crippen LogP contribution in [-0.2, 0) is 10.2 Å². The number of carbonyl (C=O) groups excluding carboxylic acids is 2. The molecule has 180 valence electrons. The summed E-state index contributed by atoms with van der Waals surface area (Å²) in [4.78, 5) is 28.3. The molecule has 4 bridgehead atoms. The Morgan fingerprint density at radius 3 is 2.35 bits per heavy atom. The normalized spacial score (nSPS) is 32.6. The third-order valence-corrected chi connectivity index (χ3v) is 9.13. The van der Waals surface area contributed by atoms with Crippen molar-refractivity contribution in [3.05, 3.63) is 54.0 Å². The highest BCUT2D eigenvalue weighted by molar-refractivity contribution is 5.93. The molecule has 4 aliphatic carbocycles. The molecule has 2 aromatic rings. The third kappa shape index (κ3) is 3.62. The fourth-order valence-corrected chi connectivity index (χ4v) is 7.94. The van der Waals surface area contributed by atoms with Crippen molar-refractivity contribution in [2.45, 2.75) is 62.8 Å². The van der Waals surface area contributed by atoms with Gasteiger partial charge in [-0.05, 0) is 92.4 Å². The number of amides is 2. The smallest absolute Gasteiger partial charge is 0.257 e. The fraction of sp³-hybridized carbons (Fsp3) is 0.571. The van der Waals surface area contributed by atoms with Gasteiger partial charge in [0.1, 0.15) is 12.0 Å². The summed E-state index contributed by atoms with van der Waals surface area (Å²) in [7, 11) is 1.71. The van der Waals surface area contributed by atoms with Gasteiger partial charge >= 0.3 is 0 Å². The van der Waals surface area contributed by atoms with Crippen LogP contribution in [0.3, 0.4) is 0 Å². The van der Waals surface area contributed by atoms with E-state index in [-0.39, 0.29) is 28.7 Å². The zero-order valence-electron chi connectivity index (χ0n) is 19.9. The van der Waals surface area contributed by atoms with Crippen molar-refractivity contribution in [3.8, 4) is 5.75 Å². The molecule has 0 spiro atoms. The Bertz CT molecular complexity index is 1040. The number of nitrogens with one attached hydrogen (secondary N) is 1. The van der Waals surface area contributed by atoms with E-state index in [1.807, 2.05) is 4.90 Å². The second-order valence-electron chi connectivity index (χ2n) is 11.3. The van der Waals surface area contributed by atoms with Crippen molar-refractivity contribution in [1.29, 1.82) is 0 Å². The zero-order valence-corrected chi connectivity index (χ0v) is 19.9. The Balaban J connectivity index is 1.14. The molecule has 34 heavy (non-hydrogen) atoms. The van der Waals surface area contributed by atoms with Crippen LogP contribution in [-0.4, -0.2) is 43.0 Å². The second-order valence-corrected chi connectivity index (χ2v) is 11.3. The highest BCUT2D eigenvalue weighted by Crippen LogP contribution is 2.65. The van der Waals surface area contributed by atoms with E-state index in [0.717, 1.165) is 37.9 Å². The van der Waals surface area contributed by atoms with E-state index in [1.54, 1.807) is 13.2 Å². The third-order valence-electron chi connectivity index (χ3n) is 9.13. The van der Waals surface area contributed by atoms with Crippen LogP contribution in [0.4, 0.5) is 0 Å². The minimum atomic E-state index is -0.242. The van der Waals surface area contributed by atoms with Crippen molar-refractivity contribution >= 4 is 11.8 Å². The molecule has 2 amide bonds. The summed E-state index contributed by atoms with van der Waals surface area (Å²) in [5.41, 5.74) is 1.85. The quantitative estimate of drug-likeness (QED) is 0.708. The average molecular weight is 463 g/mol. The van der Waals surface area contributed by atoms with Gasteiger partial charge in [0.25, 0.3) is 5.91 Å². The summed E-state index contributed by atoms with van der Waals surface area (Å²) in [6, 6.07) is 10.4. The molecule has 1 aromatic heterocycles. The molecule has 4 saturated carbocycles. The lowest BCUT2D eigenvalue weighted by Gasteiger charge is -2.61. The molecule has 2 unspecified atom stereocenters. The lowest BCUT2D eigenvalue weighted by atomic mass is 9.42. The number of hydrogen-bond acceptors (Lipinski definition) is 4. The molecule has 1 aromatic carbocycles. The molecule has 7 rings (SSSR count). The second kappa shape index (κ2) is 8.17. The molecule has 2 heterocycles. The highest BCUT2D eigenvalue weighted by atomic mass is 16.5. The topological polar surface area (TPSA) is 71.8 Å². The Kier molecular flexibility index (Phi) is 5.23. The van der Waals surface area contributed by atoms with Gasteiger partial charge in [-0.1, -0.05) is 12.1 Å². The van der Waals surface area contributed by atoms with Crippen LogP contribution in [0.25, 0.3) is 0 Å². The maximum Gasteiger partial charge on any atom is 0.257 e. The van der Waals surface area contributed by atoms with Gasteiger partial charge < -0.3 is 19.4 Å². The van der Waals surface area contributed by atoms with Crippen molar-refractivity contribution in [3.63, 3.8) is 0 Å². The van der Waals surface area contributed by atoms with Gasteiger partial charge in [0.05, 0.1) is 24.4 Å². The van der Waals surface area contributed by atoms with E-state index < -0.39 is 0 Å². The number of carbonyl (C=O) groups is 2. The summed E-state index contributed by atoms with van der Waals surface area (Å²) in [5.74, 6) is 2.45. The first kappa shape index (κ1) is 21.8. The number of ether oxygens (including phenoxy) is 1. The number of benzene rings is 1. The van der Waals surface area contributed by atoms with Gasteiger partial charge in [-0.25, -0.2) is 0 Å². The molecule has 6 nitrogen and oxygen atoms in total. The van der Waals surface area contributed by atoms with Crippen LogP contribution in [0.5, 0.6) is 5.75 Å². The zero-order chi connectivity index (χ0) is 23.3. The standard InChI is InChI=1S/C28H34N2O4/c1-33-24-4-2-22(3-5-24)27-13-19-12-20(14-27)16-28(15-19,18-27)26(32)29-23-6-9-30(10-7-23)25(31)21-8-11-34-17-21/h2-5,8,11,17,19-20,23H,6-7,9-10,12-16,18H2,1H3,(H,29,32). The minimum absolute atomic E-state index is 0.0149. The first-order chi connectivity index (χ1) is 16.5. The van der Waals surface area contributed by atoms with Gasteiger partial charge in [0.2, 0.25) is 5.91 Å². The number of likely N-dealkylation sites (tertiary alicyclic amines) is 1. The summed E-state index contributed by atoms with van der Waals surface area (Å²) in [6.07, 6.45) is 11.4. The van der Waals surface area contributed by atoms with E-state index in [1.165, 1.54) is 37.4 Å². The van der Waals surface area contributed by atoms with E-state index >= 15 is 0 Å². The van der Waals surface area contributed by atoms with Crippen LogP contribution in [0, 0.1) is 17.3 Å². The molecule has 2 atom stereocenters. The molecule has 1 aliphatic heterocycles. The maximum atomic E-state index is 13.8. The van der Waals surface area contributed by atoms with Gasteiger partial charge in [-0.15, -0.1) is 0 Å². The Morgan fingerprint density at radius 1 is 1.03 bits per heavy atom. The molecule has 1 N–H and O–H groups in total. The molecule has 6 heteroatoms. The van der Waals surface area contributed by atoms with Crippen LogP contribution >= 0.6 is 0 Å². The first-order valence-corrected chi connectivity index (χ1v) is 12.8. The summed E-state index contributed by atoms with van der Waals surface area (Å²) < 4.78 is 10.4. The number of nitrogens with zero attached hydrogens (tertiary/aromatic N) is 1. The van der Waals surface area contributed by atoms with Crippen molar-refractivity contribution in [2.75, 3.05) is 20.2 Å². The lowest BCUT2D eigenvalue weighted by Crippen LogP contribution is -2.60. The number of piperidine rings is 1. The highest BCUT2D eigenvalue weighted by Gasteiger charge is 2.61. The van der Waals surface area contributed by atoms with E-state index in [0.29, 0.717) is 30.5 Å². The van der Waals surface area contributed by atoms with Crippen molar-refractivity contribution < 1.29 is 18.7 Å². The number of hydrogen-bond donors (Lipinski definition) is 1. The summed E-state index contributed by atoms with van der Waals surface area (Å²) in [5, 5.41) is 3.44. The number of furan rings is 1. The Labute approximate surface area is 201 Å². The molecule has 5 fully saturated rings. The van der Waals surface area contributed by atoms with Crippen LogP contribution in [0.2, 0.25) is 0 Å². The molecular formula is C28H34N2O4. The summed E-state index contributed by atoms with van der Waals surface area (Å²) >= 11 is 0.